The van der Waals surface area contributed by atoms with Crippen molar-refractivity contribution in [2.75, 3.05) is 19.6 Å². The van der Waals surface area contributed by atoms with Gasteiger partial charge in [-0.25, -0.2) is 18.9 Å². The minimum absolute atomic E-state index is 0.0175. The first kappa shape index (κ1) is 15.4. The quantitative estimate of drug-likeness (QED) is 0.878. The van der Waals surface area contributed by atoms with Gasteiger partial charge in [-0.2, -0.15) is 5.10 Å². The van der Waals surface area contributed by atoms with Gasteiger partial charge in [0.1, 0.15) is 0 Å². The maximum Gasteiger partial charge on any atom is 0.315 e. The van der Waals surface area contributed by atoms with E-state index in [0.717, 1.165) is 18.3 Å². The molecule has 2 aromatic rings. The molecule has 0 aliphatic carbocycles. The number of rotatable bonds is 3. The van der Waals surface area contributed by atoms with Crippen molar-refractivity contribution in [1.29, 1.82) is 0 Å². The number of halogens is 1. The number of aromatic nitrogens is 3. The molecular weight excluding hydrogens is 299 g/mol. The van der Waals surface area contributed by atoms with Crippen LogP contribution in [0, 0.1) is 5.82 Å². The summed E-state index contributed by atoms with van der Waals surface area (Å²) in [6, 6.07) is 3.28. The Morgan fingerprint density at radius 2 is 2.30 bits per heavy atom. The highest BCUT2D eigenvalue weighted by atomic mass is 19.1. The molecule has 122 valence electrons. The van der Waals surface area contributed by atoms with Gasteiger partial charge in [-0.1, -0.05) is 13.0 Å². The molecule has 1 aliphatic rings. The summed E-state index contributed by atoms with van der Waals surface area (Å²) in [6.45, 7) is 4.07. The summed E-state index contributed by atoms with van der Waals surface area (Å²) in [7, 11) is 0. The molecule has 7 nitrogen and oxygen atoms in total. The maximum absolute atomic E-state index is 13.0. The third-order valence-corrected chi connectivity index (χ3v) is 4.23. The molecule has 2 aromatic heterocycles. The Hall–Kier alpha value is -2.48. The molecule has 0 spiro atoms. The largest absolute Gasteiger partial charge is 0.351 e. The fraction of sp³-hybridized carbons (Fsp3) is 0.400. The van der Waals surface area contributed by atoms with Crippen molar-refractivity contribution in [2.24, 2.45) is 5.73 Å². The van der Waals surface area contributed by atoms with Crippen LogP contribution < -0.4 is 11.1 Å². The van der Waals surface area contributed by atoms with Crippen molar-refractivity contribution < 1.29 is 9.18 Å². The lowest BCUT2D eigenvalue weighted by Crippen LogP contribution is -2.57. The summed E-state index contributed by atoms with van der Waals surface area (Å²) < 4.78 is 14.4. The van der Waals surface area contributed by atoms with Gasteiger partial charge in [0.15, 0.2) is 11.6 Å². The number of carbonyl (C=O) groups excluding carboxylic acids is 1. The molecule has 2 unspecified atom stereocenters. The molecule has 1 aliphatic heterocycles. The van der Waals surface area contributed by atoms with Crippen LogP contribution in [-0.2, 0) is 0 Å². The monoisotopic (exact) mass is 318 g/mol. The smallest absolute Gasteiger partial charge is 0.315 e. The van der Waals surface area contributed by atoms with E-state index in [1.165, 1.54) is 10.9 Å². The molecule has 1 fully saturated rings. The first-order chi connectivity index (χ1) is 11.1. The van der Waals surface area contributed by atoms with E-state index in [9.17, 15) is 9.18 Å². The van der Waals surface area contributed by atoms with Crippen LogP contribution in [0.1, 0.15) is 18.4 Å². The second kappa shape index (κ2) is 6.33. The van der Waals surface area contributed by atoms with Gasteiger partial charge in [0.25, 0.3) is 0 Å². The van der Waals surface area contributed by atoms with Crippen LogP contribution >= 0.6 is 0 Å². The average Bonchev–Trinajstić information content (AvgIpc) is 3.01. The standard InChI is InChI=1S/C15H19FN6O/c1-10(13-8-18-4-5-21(13)15(17)23)11-2-3-14(19-6-11)22-9-12(16)7-20-22/h2-3,6-7,9-10,13,18H,4-5,8H2,1H3,(H2,17,23). The summed E-state index contributed by atoms with van der Waals surface area (Å²) in [5.74, 6) is 0.208. The third kappa shape index (κ3) is 3.16. The van der Waals surface area contributed by atoms with E-state index in [1.54, 1.807) is 17.2 Å². The predicted molar refractivity (Wildman–Crippen MR) is 82.7 cm³/mol. The third-order valence-electron chi connectivity index (χ3n) is 4.23. The van der Waals surface area contributed by atoms with Crippen molar-refractivity contribution in [3.05, 3.63) is 42.1 Å². The Kier molecular flexibility index (Phi) is 4.24. The van der Waals surface area contributed by atoms with Gasteiger partial charge in [-0.15, -0.1) is 0 Å². The van der Waals surface area contributed by atoms with Crippen LogP contribution in [-0.4, -0.2) is 51.4 Å². The highest BCUT2D eigenvalue weighted by molar-refractivity contribution is 5.72. The molecule has 0 bridgehead atoms. The van der Waals surface area contributed by atoms with E-state index >= 15 is 0 Å². The highest BCUT2D eigenvalue weighted by Crippen LogP contribution is 2.24. The molecule has 1 saturated heterocycles. The van der Waals surface area contributed by atoms with Crippen LogP contribution in [0.3, 0.4) is 0 Å². The molecule has 0 aromatic carbocycles. The van der Waals surface area contributed by atoms with E-state index in [4.69, 9.17) is 5.73 Å². The fourth-order valence-corrected chi connectivity index (χ4v) is 2.90. The molecule has 0 saturated carbocycles. The van der Waals surface area contributed by atoms with E-state index in [2.05, 4.69) is 15.4 Å². The number of hydrogen-bond acceptors (Lipinski definition) is 4. The van der Waals surface area contributed by atoms with Gasteiger partial charge >= 0.3 is 6.03 Å². The Balaban J connectivity index is 1.79. The highest BCUT2D eigenvalue weighted by Gasteiger charge is 2.30. The number of pyridine rings is 1. The molecule has 3 heterocycles. The van der Waals surface area contributed by atoms with Crippen molar-refractivity contribution in [3.8, 4) is 5.82 Å². The lowest BCUT2D eigenvalue weighted by molar-refractivity contribution is 0.155. The van der Waals surface area contributed by atoms with Crippen molar-refractivity contribution >= 4 is 6.03 Å². The van der Waals surface area contributed by atoms with Crippen LogP contribution in [0.2, 0.25) is 0 Å². The number of carbonyl (C=O) groups is 1. The normalized spacial score (nSPS) is 19.6. The molecule has 23 heavy (non-hydrogen) atoms. The minimum atomic E-state index is -0.408. The second-order valence-corrected chi connectivity index (χ2v) is 5.64. The Bertz CT molecular complexity index is 686. The van der Waals surface area contributed by atoms with Crippen LogP contribution in [0.5, 0.6) is 0 Å². The number of primary amides is 1. The zero-order chi connectivity index (χ0) is 16.4. The van der Waals surface area contributed by atoms with Gasteiger partial charge in [0, 0.05) is 31.7 Å². The van der Waals surface area contributed by atoms with E-state index in [-0.39, 0.29) is 12.0 Å². The molecule has 3 N–H and O–H groups in total. The fourth-order valence-electron chi connectivity index (χ4n) is 2.90. The van der Waals surface area contributed by atoms with Crippen molar-refractivity contribution in [2.45, 2.75) is 18.9 Å². The predicted octanol–water partition coefficient (Wildman–Crippen LogP) is 0.862. The van der Waals surface area contributed by atoms with Gasteiger partial charge in [0.05, 0.1) is 18.4 Å². The summed E-state index contributed by atoms with van der Waals surface area (Å²) in [4.78, 5) is 17.6. The maximum atomic E-state index is 13.0. The summed E-state index contributed by atoms with van der Waals surface area (Å²) in [6.07, 6.45) is 4.13. The minimum Gasteiger partial charge on any atom is -0.351 e. The number of piperazine rings is 1. The number of nitrogens with two attached hydrogens (primary N) is 1. The van der Waals surface area contributed by atoms with Crippen LogP contribution in [0.15, 0.2) is 30.7 Å². The Morgan fingerprint density at radius 1 is 1.48 bits per heavy atom. The summed E-state index contributed by atoms with van der Waals surface area (Å²) in [5.41, 5.74) is 6.46. The van der Waals surface area contributed by atoms with Crippen LogP contribution in [0.25, 0.3) is 5.82 Å². The molecule has 3 rings (SSSR count). The van der Waals surface area contributed by atoms with Gasteiger partial charge < -0.3 is 16.0 Å². The molecule has 2 amide bonds. The molecular formula is C15H19FN6O. The first-order valence-electron chi connectivity index (χ1n) is 7.49. The van der Waals surface area contributed by atoms with Crippen LogP contribution in [0.4, 0.5) is 9.18 Å². The zero-order valence-electron chi connectivity index (χ0n) is 12.8. The summed E-state index contributed by atoms with van der Waals surface area (Å²) >= 11 is 0. The van der Waals surface area contributed by atoms with Gasteiger partial charge in [-0.05, 0) is 11.6 Å². The molecule has 8 heteroatoms. The van der Waals surface area contributed by atoms with E-state index in [1.807, 2.05) is 13.0 Å². The number of hydrogen-bond donors (Lipinski definition) is 2. The lowest BCUT2D eigenvalue weighted by Gasteiger charge is -2.38. The van der Waals surface area contributed by atoms with E-state index in [0.29, 0.717) is 18.9 Å². The topological polar surface area (TPSA) is 89.1 Å². The second-order valence-electron chi connectivity index (χ2n) is 5.64. The lowest BCUT2D eigenvalue weighted by atomic mass is 9.92. The summed E-state index contributed by atoms with van der Waals surface area (Å²) in [5, 5.41) is 7.17. The Labute approximate surface area is 133 Å². The number of amides is 2. The number of urea groups is 1. The Morgan fingerprint density at radius 3 is 2.91 bits per heavy atom. The number of nitrogens with zero attached hydrogens (tertiary/aromatic N) is 4. The van der Waals surface area contributed by atoms with Crippen molar-refractivity contribution in [3.63, 3.8) is 0 Å². The van der Waals surface area contributed by atoms with Gasteiger partial charge in [0.2, 0.25) is 0 Å². The molecule has 2 atom stereocenters. The SMILES string of the molecule is CC(c1ccc(-n2cc(F)cn2)nc1)C1CNCCN1C(N)=O. The average molecular weight is 318 g/mol. The van der Waals surface area contributed by atoms with Crippen molar-refractivity contribution in [1.82, 2.24) is 25.0 Å². The molecule has 0 radical (unpaired) electrons. The zero-order valence-corrected chi connectivity index (χ0v) is 12.8. The van der Waals surface area contributed by atoms with E-state index < -0.39 is 11.8 Å². The van der Waals surface area contributed by atoms with Gasteiger partial charge in [-0.3, -0.25) is 0 Å². The number of nitrogens with one attached hydrogen (secondary N) is 1. The first-order valence-corrected chi connectivity index (χ1v) is 7.49.